The second-order valence-electron chi connectivity index (χ2n) is 8.45. The predicted molar refractivity (Wildman–Crippen MR) is 121 cm³/mol. The van der Waals surface area contributed by atoms with E-state index >= 15 is 0 Å². The van der Waals surface area contributed by atoms with Crippen LogP contribution in [0.25, 0.3) is 0 Å². The zero-order valence-electron chi connectivity index (χ0n) is 17.8. The molecule has 0 radical (unpaired) electrons. The van der Waals surface area contributed by atoms with Crippen LogP contribution >= 0.6 is 0 Å². The van der Waals surface area contributed by atoms with Gasteiger partial charge in [0.1, 0.15) is 0 Å². The fraction of sp³-hybridized carbons (Fsp3) is 0.429. The Kier molecular flexibility index (Phi) is 7.01. The standard InChI is InChI=1S/C28H32/c1-21(2)23-13-17-25(18-14-23)27-11-9-7-5-6-8-10-12-28(27)26-19-15-24(16-20-26)22(3)4/h13-22,27-28H,5-8H2,1-4H3/t27-,28?/m1/s1. The van der Waals surface area contributed by atoms with E-state index < -0.39 is 0 Å². The van der Waals surface area contributed by atoms with Gasteiger partial charge in [0.05, 0.1) is 11.8 Å². The summed E-state index contributed by atoms with van der Waals surface area (Å²) in [5.74, 6) is 15.4. The molecule has 0 bridgehead atoms. The molecule has 0 fully saturated rings. The lowest BCUT2D eigenvalue weighted by atomic mass is 9.80. The van der Waals surface area contributed by atoms with Gasteiger partial charge in [0.25, 0.3) is 0 Å². The van der Waals surface area contributed by atoms with Crippen LogP contribution in [-0.4, -0.2) is 0 Å². The molecule has 0 aromatic heterocycles. The minimum absolute atomic E-state index is 0.122. The summed E-state index contributed by atoms with van der Waals surface area (Å²) in [5.41, 5.74) is 5.32. The third-order valence-electron chi connectivity index (χ3n) is 5.63. The Morgan fingerprint density at radius 3 is 1.29 bits per heavy atom. The molecule has 1 aliphatic carbocycles. The van der Waals surface area contributed by atoms with Crippen molar-refractivity contribution in [3.8, 4) is 23.7 Å². The molecular weight excluding hydrogens is 336 g/mol. The Bertz CT molecular complexity index is 796. The van der Waals surface area contributed by atoms with Crippen LogP contribution in [-0.2, 0) is 0 Å². The Hall–Kier alpha value is -2.44. The molecule has 0 saturated carbocycles. The monoisotopic (exact) mass is 368 g/mol. The third kappa shape index (κ3) is 5.09. The highest BCUT2D eigenvalue weighted by atomic mass is 14.2. The molecule has 28 heavy (non-hydrogen) atoms. The highest BCUT2D eigenvalue weighted by Crippen LogP contribution is 2.34. The van der Waals surface area contributed by atoms with Crippen LogP contribution in [0.3, 0.4) is 0 Å². The summed E-state index contributed by atoms with van der Waals surface area (Å²) < 4.78 is 0. The molecule has 0 heteroatoms. The first kappa shape index (κ1) is 20.3. The van der Waals surface area contributed by atoms with Crippen molar-refractivity contribution in [1.29, 1.82) is 0 Å². The van der Waals surface area contributed by atoms with Crippen LogP contribution in [0.15, 0.2) is 48.5 Å². The van der Waals surface area contributed by atoms with Crippen molar-refractivity contribution in [2.45, 2.75) is 77.0 Å². The largest absolute Gasteiger partial charge is 0.103 e. The molecule has 0 amide bonds. The van der Waals surface area contributed by atoms with Crippen LogP contribution in [0.2, 0.25) is 0 Å². The molecule has 1 aliphatic rings. The van der Waals surface area contributed by atoms with Crippen LogP contribution in [0, 0.1) is 23.7 Å². The molecule has 0 N–H and O–H groups in total. The number of hydrogen-bond donors (Lipinski definition) is 0. The Labute approximate surface area is 171 Å². The molecule has 0 nitrogen and oxygen atoms in total. The molecule has 1 unspecified atom stereocenters. The molecule has 0 aliphatic heterocycles. The van der Waals surface area contributed by atoms with Gasteiger partial charge in [-0.1, -0.05) is 88.1 Å². The van der Waals surface area contributed by atoms with Crippen molar-refractivity contribution in [2.24, 2.45) is 0 Å². The zero-order valence-corrected chi connectivity index (χ0v) is 17.8. The third-order valence-corrected chi connectivity index (χ3v) is 5.63. The van der Waals surface area contributed by atoms with E-state index in [2.05, 4.69) is 99.9 Å². The molecule has 3 rings (SSSR count). The van der Waals surface area contributed by atoms with Gasteiger partial charge in [-0.3, -0.25) is 0 Å². The summed E-state index contributed by atoms with van der Waals surface area (Å²) in [6, 6.07) is 18.1. The van der Waals surface area contributed by atoms with E-state index in [4.69, 9.17) is 0 Å². The number of hydrogen-bond acceptors (Lipinski definition) is 0. The summed E-state index contributed by atoms with van der Waals surface area (Å²) in [7, 11) is 0. The Morgan fingerprint density at radius 2 is 0.964 bits per heavy atom. The van der Waals surface area contributed by atoms with Crippen molar-refractivity contribution in [3.63, 3.8) is 0 Å². The zero-order chi connectivity index (χ0) is 19.9. The lowest BCUT2D eigenvalue weighted by molar-refractivity contribution is 0.750. The molecule has 2 aromatic carbocycles. The average molecular weight is 369 g/mol. The van der Waals surface area contributed by atoms with Gasteiger partial charge in [-0.2, -0.15) is 0 Å². The van der Waals surface area contributed by atoms with E-state index in [0.717, 1.165) is 25.7 Å². The van der Waals surface area contributed by atoms with Crippen LogP contribution < -0.4 is 0 Å². The van der Waals surface area contributed by atoms with E-state index in [-0.39, 0.29) is 11.8 Å². The number of benzene rings is 2. The van der Waals surface area contributed by atoms with Crippen LogP contribution in [0.5, 0.6) is 0 Å². The molecule has 144 valence electrons. The summed E-state index contributed by atoms with van der Waals surface area (Å²) in [6.07, 6.45) is 4.24. The van der Waals surface area contributed by atoms with E-state index in [1.54, 1.807) is 0 Å². The van der Waals surface area contributed by atoms with E-state index in [0.29, 0.717) is 11.8 Å². The predicted octanol–water partition coefficient (Wildman–Crippen LogP) is 7.38. The Balaban J connectivity index is 2.01. The summed E-state index contributed by atoms with van der Waals surface area (Å²) >= 11 is 0. The highest BCUT2D eigenvalue weighted by Gasteiger charge is 2.22. The minimum atomic E-state index is 0.122. The second kappa shape index (κ2) is 9.66. The van der Waals surface area contributed by atoms with Crippen LogP contribution in [0.4, 0.5) is 0 Å². The summed E-state index contributed by atoms with van der Waals surface area (Å²) in [5, 5.41) is 0. The molecule has 2 aromatic rings. The van der Waals surface area contributed by atoms with Gasteiger partial charge in [0, 0.05) is 12.8 Å². The first-order valence-electron chi connectivity index (χ1n) is 10.7. The summed E-state index contributed by atoms with van der Waals surface area (Å²) in [6.45, 7) is 8.96. The normalized spacial score (nSPS) is 19.5. The van der Waals surface area contributed by atoms with Gasteiger partial charge in [0.15, 0.2) is 0 Å². The van der Waals surface area contributed by atoms with E-state index in [1.807, 2.05) is 0 Å². The van der Waals surface area contributed by atoms with Crippen molar-refractivity contribution in [2.75, 3.05) is 0 Å². The molecular formula is C28H32. The molecule has 0 heterocycles. The molecule has 2 atom stereocenters. The van der Waals surface area contributed by atoms with Crippen molar-refractivity contribution in [3.05, 3.63) is 70.8 Å². The first-order valence-corrected chi connectivity index (χ1v) is 10.7. The van der Waals surface area contributed by atoms with Crippen molar-refractivity contribution >= 4 is 0 Å². The fourth-order valence-corrected chi connectivity index (χ4v) is 3.69. The molecule has 0 saturated heterocycles. The van der Waals surface area contributed by atoms with Gasteiger partial charge in [-0.25, -0.2) is 0 Å². The Morgan fingerprint density at radius 1 is 0.607 bits per heavy atom. The number of rotatable bonds is 4. The smallest absolute Gasteiger partial charge is 0.0630 e. The SMILES string of the molecule is CC(C)c1ccc(C2C#CCCCCC#C[C@@H]2c2ccc(C(C)C)cc2)cc1. The van der Waals surface area contributed by atoms with Gasteiger partial charge in [-0.05, 0) is 46.9 Å². The quantitative estimate of drug-likeness (QED) is 0.494. The maximum absolute atomic E-state index is 3.59. The maximum atomic E-state index is 3.59. The first-order chi connectivity index (χ1) is 13.6. The lowest BCUT2D eigenvalue weighted by Crippen LogP contribution is -2.09. The van der Waals surface area contributed by atoms with E-state index in [9.17, 15) is 0 Å². The highest BCUT2D eigenvalue weighted by molar-refractivity contribution is 5.43. The maximum Gasteiger partial charge on any atom is 0.0630 e. The topological polar surface area (TPSA) is 0 Å². The fourth-order valence-electron chi connectivity index (χ4n) is 3.69. The van der Waals surface area contributed by atoms with Gasteiger partial charge in [-0.15, -0.1) is 11.8 Å². The van der Waals surface area contributed by atoms with Crippen molar-refractivity contribution in [1.82, 2.24) is 0 Å². The van der Waals surface area contributed by atoms with E-state index in [1.165, 1.54) is 22.3 Å². The lowest BCUT2D eigenvalue weighted by Gasteiger charge is -2.21. The second-order valence-corrected chi connectivity index (χ2v) is 8.45. The summed E-state index contributed by atoms with van der Waals surface area (Å²) in [4.78, 5) is 0. The van der Waals surface area contributed by atoms with Gasteiger partial charge >= 0.3 is 0 Å². The molecule has 0 spiro atoms. The minimum Gasteiger partial charge on any atom is -0.103 e. The van der Waals surface area contributed by atoms with Gasteiger partial charge in [0.2, 0.25) is 0 Å². The average Bonchev–Trinajstić information content (AvgIpc) is 2.71. The van der Waals surface area contributed by atoms with Gasteiger partial charge < -0.3 is 0 Å². The van der Waals surface area contributed by atoms with Crippen molar-refractivity contribution < 1.29 is 0 Å². The van der Waals surface area contributed by atoms with Crippen LogP contribution in [0.1, 0.15) is 99.3 Å².